The van der Waals surface area contributed by atoms with Crippen LogP contribution in [0.15, 0.2) is 30.5 Å². The van der Waals surface area contributed by atoms with Crippen LogP contribution in [0.25, 0.3) is 0 Å². The van der Waals surface area contributed by atoms with E-state index in [1.807, 2.05) is 13.8 Å². The number of carbonyl (C=O) groups is 2. The third kappa shape index (κ3) is 4.07. The highest BCUT2D eigenvalue weighted by molar-refractivity contribution is 6.39. The van der Waals surface area contributed by atoms with Gasteiger partial charge in [0.25, 0.3) is 5.91 Å². The minimum absolute atomic E-state index is 0.0349. The van der Waals surface area contributed by atoms with Crippen molar-refractivity contribution in [3.63, 3.8) is 0 Å². The lowest BCUT2D eigenvalue weighted by molar-refractivity contribution is -0.123. The van der Waals surface area contributed by atoms with Crippen LogP contribution in [-0.4, -0.2) is 27.8 Å². The Labute approximate surface area is 149 Å². The number of halogens is 2. The quantitative estimate of drug-likeness (QED) is 0.809. The highest BCUT2D eigenvalue weighted by atomic mass is 35.5. The van der Waals surface area contributed by atoms with Crippen LogP contribution in [0.4, 0.5) is 5.82 Å². The summed E-state index contributed by atoms with van der Waals surface area (Å²) in [5.74, 6) is -0.715. The predicted octanol–water partition coefficient (Wildman–Crippen LogP) is 3.95. The zero-order chi connectivity index (χ0) is 17.9. The number of carbonyl (C=O) groups excluding carboxylic acids is 2. The van der Waals surface area contributed by atoms with E-state index < -0.39 is 18.0 Å². The van der Waals surface area contributed by atoms with Crippen molar-refractivity contribution < 1.29 is 14.3 Å². The standard InChI is InChI=1S/C16H17Cl2N3O3/c1-9(2)21-13(7-8-19-21)20-15(22)10(3)24-16(23)14-11(17)5-4-6-12(14)18/h4-10H,1-3H3,(H,20,22)/t10-/m1/s1. The van der Waals surface area contributed by atoms with Gasteiger partial charge in [-0.3, -0.25) is 4.79 Å². The van der Waals surface area contributed by atoms with E-state index in [1.165, 1.54) is 19.1 Å². The Morgan fingerprint density at radius 3 is 2.38 bits per heavy atom. The van der Waals surface area contributed by atoms with Crippen molar-refractivity contribution in [2.24, 2.45) is 0 Å². The molecule has 24 heavy (non-hydrogen) atoms. The van der Waals surface area contributed by atoms with Crippen LogP contribution < -0.4 is 5.32 Å². The maximum atomic E-state index is 12.2. The number of benzene rings is 1. The molecule has 0 aliphatic heterocycles. The van der Waals surface area contributed by atoms with E-state index in [1.54, 1.807) is 23.0 Å². The summed E-state index contributed by atoms with van der Waals surface area (Å²) >= 11 is 11.9. The van der Waals surface area contributed by atoms with Gasteiger partial charge in [-0.25, -0.2) is 9.48 Å². The smallest absolute Gasteiger partial charge is 0.341 e. The summed E-state index contributed by atoms with van der Waals surface area (Å²) in [6.45, 7) is 5.34. The van der Waals surface area contributed by atoms with Gasteiger partial charge < -0.3 is 10.1 Å². The van der Waals surface area contributed by atoms with Crippen LogP contribution in [0.5, 0.6) is 0 Å². The van der Waals surface area contributed by atoms with Crippen molar-refractivity contribution in [1.82, 2.24) is 9.78 Å². The Hall–Kier alpha value is -2.05. The zero-order valence-electron chi connectivity index (χ0n) is 13.4. The molecule has 0 aliphatic rings. The number of rotatable bonds is 5. The molecule has 6 nitrogen and oxygen atoms in total. The van der Waals surface area contributed by atoms with Crippen LogP contribution in [0, 0.1) is 0 Å². The molecule has 0 fully saturated rings. The third-order valence-corrected chi connectivity index (χ3v) is 3.86. The monoisotopic (exact) mass is 369 g/mol. The van der Waals surface area contributed by atoms with Gasteiger partial charge in [0, 0.05) is 12.1 Å². The van der Waals surface area contributed by atoms with Crippen LogP contribution in [0.1, 0.15) is 37.2 Å². The average Bonchev–Trinajstić information content (AvgIpc) is 2.95. The molecular formula is C16H17Cl2N3O3. The molecule has 1 amide bonds. The molecule has 8 heteroatoms. The topological polar surface area (TPSA) is 73.2 Å². The van der Waals surface area contributed by atoms with Crippen LogP contribution in [0.3, 0.4) is 0 Å². The number of amides is 1. The van der Waals surface area contributed by atoms with Gasteiger partial charge in [-0.05, 0) is 32.9 Å². The van der Waals surface area contributed by atoms with Crippen molar-refractivity contribution in [3.8, 4) is 0 Å². The SMILES string of the molecule is CC(C)n1nccc1NC(=O)[C@@H](C)OC(=O)c1c(Cl)cccc1Cl. The van der Waals surface area contributed by atoms with Gasteiger partial charge in [0.1, 0.15) is 5.82 Å². The molecular weight excluding hydrogens is 353 g/mol. The molecule has 0 radical (unpaired) electrons. The largest absolute Gasteiger partial charge is 0.449 e. The minimum Gasteiger partial charge on any atom is -0.449 e. The fourth-order valence-corrected chi connectivity index (χ4v) is 2.57. The Balaban J connectivity index is 2.06. The number of nitrogens with zero attached hydrogens (tertiary/aromatic N) is 2. The van der Waals surface area contributed by atoms with Crippen LogP contribution >= 0.6 is 23.2 Å². The summed E-state index contributed by atoms with van der Waals surface area (Å²) in [7, 11) is 0. The van der Waals surface area contributed by atoms with E-state index in [9.17, 15) is 9.59 Å². The van der Waals surface area contributed by atoms with Crippen molar-refractivity contribution >= 4 is 40.9 Å². The number of esters is 1. The van der Waals surface area contributed by atoms with Crippen molar-refractivity contribution in [2.75, 3.05) is 5.32 Å². The maximum Gasteiger partial charge on any atom is 0.341 e. The highest BCUT2D eigenvalue weighted by Gasteiger charge is 2.23. The fraction of sp³-hybridized carbons (Fsp3) is 0.312. The first kappa shape index (κ1) is 18.3. The summed E-state index contributed by atoms with van der Waals surface area (Å²) in [6.07, 6.45) is 0.552. The van der Waals surface area contributed by atoms with Gasteiger partial charge in [-0.15, -0.1) is 0 Å². The van der Waals surface area contributed by atoms with Crippen molar-refractivity contribution in [3.05, 3.63) is 46.1 Å². The number of hydrogen-bond donors (Lipinski definition) is 1. The van der Waals surface area contributed by atoms with Gasteiger partial charge in [0.2, 0.25) is 0 Å². The molecule has 1 heterocycles. The van der Waals surface area contributed by atoms with Crippen LogP contribution in [-0.2, 0) is 9.53 Å². The van der Waals surface area contributed by atoms with Gasteiger partial charge >= 0.3 is 5.97 Å². The van der Waals surface area contributed by atoms with E-state index in [2.05, 4.69) is 10.4 Å². The predicted molar refractivity (Wildman–Crippen MR) is 92.6 cm³/mol. The molecule has 2 aromatic rings. The molecule has 0 unspecified atom stereocenters. The summed E-state index contributed by atoms with van der Waals surface area (Å²) < 4.78 is 6.81. The maximum absolute atomic E-state index is 12.2. The number of nitrogens with one attached hydrogen (secondary N) is 1. The number of hydrogen-bond acceptors (Lipinski definition) is 4. The molecule has 0 aliphatic carbocycles. The highest BCUT2D eigenvalue weighted by Crippen LogP contribution is 2.25. The van der Waals surface area contributed by atoms with Gasteiger partial charge in [-0.1, -0.05) is 29.3 Å². The van der Waals surface area contributed by atoms with Gasteiger partial charge in [-0.2, -0.15) is 5.10 Å². The summed E-state index contributed by atoms with van der Waals surface area (Å²) in [5, 5.41) is 7.12. The molecule has 1 atom stereocenters. The average molecular weight is 370 g/mol. The summed E-state index contributed by atoms with van der Waals surface area (Å²) in [6, 6.07) is 6.41. The minimum atomic E-state index is -1.03. The molecule has 128 valence electrons. The molecule has 2 rings (SSSR count). The second kappa shape index (κ2) is 7.68. The zero-order valence-corrected chi connectivity index (χ0v) is 14.9. The van der Waals surface area contributed by atoms with E-state index in [0.29, 0.717) is 5.82 Å². The van der Waals surface area contributed by atoms with Gasteiger partial charge in [0.15, 0.2) is 6.10 Å². The Bertz CT molecular complexity index is 739. The molecule has 0 saturated heterocycles. The van der Waals surface area contributed by atoms with Crippen molar-refractivity contribution in [2.45, 2.75) is 32.9 Å². The van der Waals surface area contributed by atoms with Crippen LogP contribution in [0.2, 0.25) is 10.0 Å². The number of ether oxygens (including phenoxy) is 1. The van der Waals surface area contributed by atoms with Gasteiger partial charge in [0.05, 0.1) is 21.8 Å². The number of anilines is 1. The fourth-order valence-electron chi connectivity index (χ4n) is 2.02. The second-order valence-corrected chi connectivity index (χ2v) is 6.20. The molecule has 1 aromatic carbocycles. The van der Waals surface area contributed by atoms with Crippen molar-refractivity contribution in [1.29, 1.82) is 0 Å². The molecule has 0 bridgehead atoms. The first-order valence-electron chi connectivity index (χ1n) is 7.30. The summed E-state index contributed by atoms with van der Waals surface area (Å²) in [4.78, 5) is 24.4. The van der Waals surface area contributed by atoms with E-state index in [4.69, 9.17) is 27.9 Å². The lowest BCUT2D eigenvalue weighted by Crippen LogP contribution is -2.31. The third-order valence-electron chi connectivity index (χ3n) is 3.23. The summed E-state index contributed by atoms with van der Waals surface area (Å²) in [5.41, 5.74) is 0.0349. The molecule has 1 N–H and O–H groups in total. The Kier molecular flexibility index (Phi) is 5.85. The Morgan fingerprint density at radius 2 is 1.79 bits per heavy atom. The molecule has 0 saturated carbocycles. The van der Waals surface area contributed by atoms with E-state index >= 15 is 0 Å². The normalized spacial score (nSPS) is 12.1. The first-order chi connectivity index (χ1) is 11.3. The number of aromatic nitrogens is 2. The Morgan fingerprint density at radius 1 is 1.17 bits per heavy atom. The second-order valence-electron chi connectivity index (χ2n) is 5.39. The lowest BCUT2D eigenvalue weighted by atomic mass is 10.2. The van der Waals surface area contributed by atoms with E-state index in [-0.39, 0.29) is 21.7 Å². The molecule has 1 aromatic heterocycles. The lowest BCUT2D eigenvalue weighted by Gasteiger charge is -2.16. The molecule has 0 spiro atoms. The first-order valence-corrected chi connectivity index (χ1v) is 8.06. The van der Waals surface area contributed by atoms with E-state index in [0.717, 1.165) is 0 Å².